The van der Waals surface area contributed by atoms with E-state index in [-0.39, 0.29) is 23.5 Å². The summed E-state index contributed by atoms with van der Waals surface area (Å²) in [6.45, 7) is 2.66. The first-order valence-corrected chi connectivity index (χ1v) is 15.1. The summed E-state index contributed by atoms with van der Waals surface area (Å²) >= 11 is 0. The van der Waals surface area contributed by atoms with Gasteiger partial charge in [-0.2, -0.15) is 0 Å². The van der Waals surface area contributed by atoms with E-state index in [0.717, 1.165) is 48.8 Å². The summed E-state index contributed by atoms with van der Waals surface area (Å²) in [5, 5.41) is 0. The Balaban J connectivity index is 0.000000239. The number of rotatable bonds is 7. The van der Waals surface area contributed by atoms with Gasteiger partial charge in [-0.1, -0.05) is 66.6 Å². The summed E-state index contributed by atoms with van der Waals surface area (Å²) < 4.78 is 62.2. The summed E-state index contributed by atoms with van der Waals surface area (Å²) in [5.41, 5.74) is 8.84. The molecule has 0 heterocycles. The fraction of sp³-hybridized carbons (Fsp3) is 0.355. The summed E-state index contributed by atoms with van der Waals surface area (Å²) in [7, 11) is 0.822. The maximum absolute atomic E-state index is 11.8. The molecule has 1 fully saturated rings. The highest BCUT2D eigenvalue weighted by atomic mass is 32.2. The van der Waals surface area contributed by atoms with Gasteiger partial charge in [-0.15, -0.1) is 13.2 Å². The number of aryl methyl sites for hydroxylation is 1. The topological polar surface area (TPSA) is 107 Å². The van der Waals surface area contributed by atoms with Crippen molar-refractivity contribution in [3.63, 3.8) is 0 Å². The molecule has 2 N–H and O–H groups in total. The van der Waals surface area contributed by atoms with Crippen LogP contribution in [0.25, 0.3) is 11.1 Å². The van der Waals surface area contributed by atoms with Crippen molar-refractivity contribution in [3.05, 3.63) is 83.9 Å². The van der Waals surface area contributed by atoms with Crippen molar-refractivity contribution in [3.8, 4) is 16.9 Å². The number of hydrogen-bond acceptors (Lipinski definition) is 6. The predicted octanol–water partition coefficient (Wildman–Crippen LogP) is 5.80. The Morgan fingerprint density at radius 3 is 2.07 bits per heavy atom. The molecule has 1 aliphatic carbocycles. The Bertz CT molecular complexity index is 1410. The molecule has 0 aromatic heterocycles. The van der Waals surface area contributed by atoms with Crippen LogP contribution < -0.4 is 10.5 Å². The van der Waals surface area contributed by atoms with E-state index < -0.39 is 16.2 Å². The molecule has 0 saturated heterocycles. The van der Waals surface area contributed by atoms with Crippen LogP contribution in [-0.4, -0.2) is 52.2 Å². The number of nitrogens with zero attached hydrogens (tertiary/aromatic N) is 1. The number of benzene rings is 3. The zero-order valence-electron chi connectivity index (χ0n) is 24.1. The second-order valence-corrected chi connectivity index (χ2v) is 12.3. The molecule has 4 rings (SSSR count). The highest BCUT2D eigenvalue weighted by Gasteiger charge is 2.31. The number of sulfone groups is 1. The van der Waals surface area contributed by atoms with Crippen LogP contribution in [0.2, 0.25) is 0 Å². The number of alkyl halides is 3. The highest BCUT2D eigenvalue weighted by Crippen LogP contribution is 2.30. The molecule has 0 bridgehead atoms. The molecule has 0 spiro atoms. The zero-order valence-corrected chi connectivity index (χ0v) is 24.9. The largest absolute Gasteiger partial charge is 0.573 e. The van der Waals surface area contributed by atoms with Crippen LogP contribution in [0.4, 0.5) is 13.2 Å². The normalized spacial score (nSPS) is 16.5. The minimum atomic E-state index is -4.60. The van der Waals surface area contributed by atoms with Gasteiger partial charge in [0, 0.05) is 30.2 Å². The lowest BCUT2D eigenvalue weighted by Gasteiger charge is -2.11. The van der Waals surface area contributed by atoms with Gasteiger partial charge >= 0.3 is 6.36 Å². The number of primary amides is 1. The molecule has 1 unspecified atom stereocenters. The molecule has 11 heteroatoms. The molecular weight excluding hydrogens is 569 g/mol. The Hall–Kier alpha value is -3.70. The van der Waals surface area contributed by atoms with E-state index >= 15 is 0 Å². The number of hydrogen-bond donors (Lipinski definition) is 1. The van der Waals surface area contributed by atoms with E-state index in [1.54, 1.807) is 31.2 Å². The Morgan fingerprint density at radius 1 is 1.00 bits per heavy atom. The molecule has 1 amide bonds. The first-order valence-electron chi connectivity index (χ1n) is 13.2. The van der Waals surface area contributed by atoms with E-state index in [1.807, 2.05) is 50.5 Å². The van der Waals surface area contributed by atoms with Crippen molar-refractivity contribution in [2.75, 3.05) is 20.4 Å². The second-order valence-electron chi connectivity index (χ2n) is 10.3. The monoisotopic (exact) mass is 606 g/mol. The first kappa shape index (κ1) is 34.5. The minimum absolute atomic E-state index is 0.0995. The summed E-state index contributed by atoms with van der Waals surface area (Å²) in [4.78, 5) is 23.4. The van der Waals surface area contributed by atoms with E-state index in [2.05, 4.69) is 9.64 Å². The van der Waals surface area contributed by atoms with Crippen molar-refractivity contribution in [1.82, 2.24) is 4.90 Å². The van der Waals surface area contributed by atoms with Crippen molar-refractivity contribution >= 4 is 22.0 Å². The summed E-state index contributed by atoms with van der Waals surface area (Å²) in [6, 6.07) is 20.8. The molecule has 0 radical (unpaired) electrons. The number of carbonyl (C=O) groups is 2. The van der Waals surface area contributed by atoms with Gasteiger partial charge in [0.1, 0.15) is 12.0 Å². The number of ether oxygens (including phenoxy) is 1. The van der Waals surface area contributed by atoms with Crippen LogP contribution in [0.5, 0.6) is 5.75 Å². The van der Waals surface area contributed by atoms with Crippen LogP contribution in [-0.2, 0) is 26.0 Å². The predicted molar refractivity (Wildman–Crippen MR) is 156 cm³/mol. The Kier molecular flexibility index (Phi) is 12.7. The van der Waals surface area contributed by atoms with Crippen molar-refractivity contribution in [1.29, 1.82) is 0 Å². The number of amides is 1. The number of nitrogens with two attached hydrogens (primary N) is 1. The molecular formula is C31H37F3N2O5S. The zero-order chi connectivity index (χ0) is 31.5. The van der Waals surface area contributed by atoms with Crippen LogP contribution in [0.1, 0.15) is 30.4 Å². The van der Waals surface area contributed by atoms with Crippen LogP contribution in [0.3, 0.4) is 0 Å². The molecule has 7 nitrogen and oxygen atoms in total. The molecule has 1 saturated carbocycles. The molecule has 0 aliphatic heterocycles. The third kappa shape index (κ3) is 11.7. The second kappa shape index (κ2) is 15.5. The van der Waals surface area contributed by atoms with Gasteiger partial charge in [-0.05, 0) is 63.2 Å². The number of halogens is 3. The molecule has 3 aromatic rings. The SMILES string of the molecule is CN(C)Cc1ccc(-c2ccccc2S(C)(=O)=O)cc1.Cc1ccc(OC(F)(F)F)cc1.NC(=O)[C@@H]1CCCC1C=O. The smallest absolute Gasteiger partial charge is 0.406 e. The fourth-order valence-electron chi connectivity index (χ4n) is 4.43. The summed E-state index contributed by atoms with van der Waals surface area (Å²) in [5.74, 6) is -0.794. The number of carbonyl (C=O) groups excluding carboxylic acids is 2. The molecule has 3 aromatic carbocycles. The van der Waals surface area contributed by atoms with Crippen LogP contribution in [0, 0.1) is 18.8 Å². The van der Waals surface area contributed by atoms with Crippen molar-refractivity contribution < 1.29 is 35.9 Å². The highest BCUT2D eigenvalue weighted by molar-refractivity contribution is 7.90. The average molecular weight is 607 g/mol. The summed E-state index contributed by atoms with van der Waals surface area (Å²) in [6.07, 6.45) is 0.0663. The molecule has 1 aliphatic rings. The first-order chi connectivity index (χ1) is 19.6. The lowest BCUT2D eigenvalue weighted by Crippen LogP contribution is -2.26. The lowest BCUT2D eigenvalue weighted by molar-refractivity contribution is -0.274. The third-order valence-corrected chi connectivity index (χ3v) is 7.57. The van der Waals surface area contributed by atoms with E-state index in [1.165, 1.54) is 24.0 Å². The Morgan fingerprint density at radius 2 is 1.60 bits per heavy atom. The van der Waals surface area contributed by atoms with Gasteiger partial charge in [-0.25, -0.2) is 8.42 Å². The lowest BCUT2D eigenvalue weighted by atomic mass is 9.97. The van der Waals surface area contributed by atoms with Gasteiger partial charge in [0.15, 0.2) is 9.84 Å². The standard InChI is InChI=1S/C16H19NO2S.C8H7F3O.C7H11NO2/c1-17(2)12-13-8-10-14(11-9-13)15-6-4-5-7-16(15)20(3,18)19;1-6-2-4-7(5-3-6)12-8(9,10)11;8-7(10)6-3-1-2-5(6)4-9/h4-11H,12H2,1-3H3;2-5H,1H3;4-6H,1-3H2,(H2,8,10)/t;;5?,6-/m..1/s1. The van der Waals surface area contributed by atoms with Crippen molar-refractivity contribution in [2.24, 2.45) is 17.6 Å². The maximum Gasteiger partial charge on any atom is 0.573 e. The van der Waals surface area contributed by atoms with E-state index in [9.17, 15) is 31.2 Å². The Labute approximate surface area is 245 Å². The third-order valence-electron chi connectivity index (χ3n) is 6.41. The van der Waals surface area contributed by atoms with Gasteiger partial charge in [0.05, 0.1) is 4.90 Å². The van der Waals surface area contributed by atoms with Gasteiger partial charge < -0.3 is 20.2 Å². The van der Waals surface area contributed by atoms with Gasteiger partial charge in [-0.3, -0.25) is 4.79 Å². The van der Waals surface area contributed by atoms with Gasteiger partial charge in [0.25, 0.3) is 0 Å². The van der Waals surface area contributed by atoms with Crippen LogP contribution in [0.15, 0.2) is 77.7 Å². The average Bonchev–Trinajstić information content (AvgIpc) is 3.39. The minimum Gasteiger partial charge on any atom is -0.406 e. The van der Waals surface area contributed by atoms with Crippen LogP contribution >= 0.6 is 0 Å². The molecule has 2 atom stereocenters. The van der Waals surface area contributed by atoms with E-state index in [4.69, 9.17) is 5.73 Å². The van der Waals surface area contributed by atoms with Crippen molar-refractivity contribution in [2.45, 2.75) is 44.0 Å². The quantitative estimate of drug-likeness (QED) is 0.341. The fourth-order valence-corrected chi connectivity index (χ4v) is 5.34. The number of aldehydes is 1. The molecule has 42 heavy (non-hydrogen) atoms. The van der Waals surface area contributed by atoms with Gasteiger partial charge in [0.2, 0.25) is 5.91 Å². The van der Waals surface area contributed by atoms with E-state index in [0.29, 0.717) is 4.90 Å². The maximum atomic E-state index is 11.8. The molecule has 228 valence electrons.